The molecule has 3 fully saturated rings. The van der Waals surface area contributed by atoms with Gasteiger partial charge < -0.3 is 10.2 Å². The summed E-state index contributed by atoms with van der Waals surface area (Å²) < 4.78 is 37.9. The molecular formula is C25H39F3O2. The van der Waals surface area contributed by atoms with Gasteiger partial charge in [0.05, 0.1) is 5.60 Å². The van der Waals surface area contributed by atoms with E-state index in [4.69, 9.17) is 0 Å². The predicted octanol–water partition coefficient (Wildman–Crippen LogP) is 6.41. The molecule has 172 valence electrons. The van der Waals surface area contributed by atoms with Crippen molar-refractivity contribution in [1.29, 1.82) is 0 Å². The summed E-state index contributed by atoms with van der Waals surface area (Å²) in [4.78, 5) is 0. The van der Waals surface area contributed by atoms with Crippen molar-refractivity contribution in [2.45, 2.75) is 109 Å². The van der Waals surface area contributed by atoms with Gasteiger partial charge in [-0.3, -0.25) is 0 Å². The second-order valence-electron chi connectivity index (χ2n) is 11.7. The largest absolute Gasteiger partial charge is 0.414 e. The Hall–Kier alpha value is -0.550. The lowest BCUT2D eigenvalue weighted by molar-refractivity contribution is -0.205. The fourth-order valence-electron chi connectivity index (χ4n) is 8.11. The number of aliphatic hydroxyl groups is 2. The van der Waals surface area contributed by atoms with Crippen LogP contribution in [0.25, 0.3) is 0 Å². The number of rotatable bonds is 4. The molecule has 0 saturated heterocycles. The summed E-state index contributed by atoms with van der Waals surface area (Å²) in [7, 11) is 0. The number of fused-ring (bicyclic) bond motifs is 5. The van der Waals surface area contributed by atoms with Crippen molar-refractivity contribution in [1.82, 2.24) is 0 Å². The number of halogens is 3. The van der Waals surface area contributed by atoms with Crippen LogP contribution in [-0.4, -0.2) is 28.1 Å². The maximum Gasteiger partial charge on any atom is 0.414 e. The van der Waals surface area contributed by atoms with Gasteiger partial charge in [-0.25, -0.2) is 0 Å². The van der Waals surface area contributed by atoms with E-state index in [0.717, 1.165) is 38.5 Å². The van der Waals surface area contributed by atoms with Crippen LogP contribution in [0.3, 0.4) is 0 Å². The first kappa shape index (κ1) is 22.6. The van der Waals surface area contributed by atoms with E-state index in [1.807, 2.05) is 6.92 Å². The Morgan fingerprint density at radius 3 is 2.50 bits per heavy atom. The zero-order chi connectivity index (χ0) is 21.9. The number of aliphatic hydroxyl groups excluding tert-OH is 1. The normalized spacial score (nSPS) is 47.1. The molecule has 30 heavy (non-hydrogen) atoms. The van der Waals surface area contributed by atoms with E-state index in [2.05, 4.69) is 19.9 Å². The molecule has 0 amide bonds. The van der Waals surface area contributed by atoms with Crippen LogP contribution in [-0.2, 0) is 0 Å². The second kappa shape index (κ2) is 7.50. The summed E-state index contributed by atoms with van der Waals surface area (Å²) in [6, 6.07) is 0. The van der Waals surface area contributed by atoms with Gasteiger partial charge in [-0.05, 0) is 106 Å². The van der Waals surface area contributed by atoms with E-state index < -0.39 is 17.9 Å². The van der Waals surface area contributed by atoms with E-state index in [1.165, 1.54) is 24.8 Å². The highest BCUT2D eigenvalue weighted by atomic mass is 19.4. The third-order valence-electron chi connectivity index (χ3n) is 9.98. The highest BCUT2D eigenvalue weighted by Gasteiger charge is 2.58. The van der Waals surface area contributed by atoms with Crippen LogP contribution < -0.4 is 0 Å². The molecule has 4 rings (SSSR count). The summed E-state index contributed by atoms with van der Waals surface area (Å²) >= 11 is 0. The quantitative estimate of drug-likeness (QED) is 0.508. The van der Waals surface area contributed by atoms with Crippen LogP contribution in [0.15, 0.2) is 11.6 Å². The molecule has 4 aliphatic rings. The minimum Gasteiger partial charge on any atom is -0.390 e. The van der Waals surface area contributed by atoms with Gasteiger partial charge >= 0.3 is 6.18 Å². The van der Waals surface area contributed by atoms with Crippen molar-refractivity contribution < 1.29 is 23.4 Å². The van der Waals surface area contributed by atoms with E-state index in [0.29, 0.717) is 30.1 Å². The van der Waals surface area contributed by atoms with Crippen molar-refractivity contribution in [2.75, 3.05) is 0 Å². The molecule has 0 aromatic rings. The predicted molar refractivity (Wildman–Crippen MR) is 112 cm³/mol. The van der Waals surface area contributed by atoms with E-state index in [1.54, 1.807) is 0 Å². The number of hydrogen-bond acceptors (Lipinski definition) is 2. The van der Waals surface area contributed by atoms with Crippen LogP contribution in [0.1, 0.15) is 91.4 Å². The van der Waals surface area contributed by atoms with Gasteiger partial charge in [-0.2, -0.15) is 13.2 Å². The Kier molecular flexibility index (Phi) is 5.66. The van der Waals surface area contributed by atoms with Gasteiger partial charge in [0.25, 0.3) is 0 Å². The van der Waals surface area contributed by atoms with Crippen LogP contribution in [0.4, 0.5) is 13.2 Å². The Bertz CT molecular complexity index is 684. The standard InChI is InChI=1S/C25H39F3O2/c1-22(30)13-14-24(3)17(15-22)7-9-18-19-10-8-16(23(19,2)12-11-20(18)24)5-4-6-21(29)25(26,27)28/h7,16,18-21,29-30H,4-6,8-15H2,1-3H3/t16-,18-,19-,20-,21-,22-,23+,24-/m0/s1. The lowest BCUT2D eigenvalue weighted by Gasteiger charge is -2.59. The fourth-order valence-corrected chi connectivity index (χ4v) is 8.11. The molecule has 5 heteroatoms. The Morgan fingerprint density at radius 2 is 1.80 bits per heavy atom. The molecule has 0 bridgehead atoms. The SMILES string of the molecule is C[C@]1(O)CC[C@@]2(C)C(=CC[C@H]3[C@@H]4CC[C@H](CCC[C@H](O)C(F)(F)F)[C@@]4(C)CC[C@@H]32)C1. The molecule has 0 unspecified atom stereocenters. The molecule has 0 radical (unpaired) electrons. The Morgan fingerprint density at radius 1 is 1.07 bits per heavy atom. The minimum atomic E-state index is -4.49. The summed E-state index contributed by atoms with van der Waals surface area (Å²) in [5.74, 6) is 2.49. The van der Waals surface area contributed by atoms with Crippen LogP contribution in [0, 0.1) is 34.5 Å². The first-order chi connectivity index (χ1) is 13.9. The highest BCUT2D eigenvalue weighted by Crippen LogP contribution is 2.67. The van der Waals surface area contributed by atoms with Crippen molar-refractivity contribution in [3.8, 4) is 0 Å². The molecule has 2 nitrogen and oxygen atoms in total. The lowest BCUT2D eigenvalue weighted by atomic mass is 9.46. The zero-order valence-corrected chi connectivity index (χ0v) is 18.8. The average Bonchev–Trinajstić information content (AvgIpc) is 2.98. The molecule has 0 aromatic carbocycles. The molecule has 3 saturated carbocycles. The second-order valence-corrected chi connectivity index (χ2v) is 11.7. The molecule has 0 aliphatic heterocycles. The van der Waals surface area contributed by atoms with Crippen LogP contribution in [0.2, 0.25) is 0 Å². The van der Waals surface area contributed by atoms with Gasteiger partial charge in [-0.1, -0.05) is 31.9 Å². The number of hydrogen-bond donors (Lipinski definition) is 2. The highest BCUT2D eigenvalue weighted by molar-refractivity contribution is 5.26. The first-order valence-corrected chi connectivity index (χ1v) is 12.0. The first-order valence-electron chi connectivity index (χ1n) is 12.0. The lowest BCUT2D eigenvalue weighted by Crippen LogP contribution is -2.51. The molecule has 0 heterocycles. The van der Waals surface area contributed by atoms with Gasteiger partial charge in [-0.15, -0.1) is 0 Å². The van der Waals surface area contributed by atoms with Crippen molar-refractivity contribution in [3.05, 3.63) is 11.6 Å². The van der Waals surface area contributed by atoms with E-state index in [-0.39, 0.29) is 17.3 Å². The molecule has 4 aliphatic carbocycles. The monoisotopic (exact) mass is 428 g/mol. The minimum absolute atomic E-state index is 0.170. The van der Waals surface area contributed by atoms with Gasteiger partial charge in [0.1, 0.15) is 6.10 Å². The smallest absolute Gasteiger partial charge is 0.390 e. The third kappa shape index (κ3) is 3.76. The Labute approximate surface area is 179 Å². The van der Waals surface area contributed by atoms with Crippen LogP contribution >= 0.6 is 0 Å². The summed E-state index contributed by atoms with van der Waals surface area (Å²) in [6.45, 7) is 6.80. The van der Waals surface area contributed by atoms with Crippen LogP contribution in [0.5, 0.6) is 0 Å². The molecular weight excluding hydrogens is 389 g/mol. The summed E-state index contributed by atoms with van der Waals surface area (Å²) in [5.41, 5.74) is 1.34. The van der Waals surface area contributed by atoms with E-state index >= 15 is 0 Å². The molecule has 0 spiro atoms. The summed E-state index contributed by atoms with van der Waals surface area (Å²) in [5, 5.41) is 19.9. The topological polar surface area (TPSA) is 40.5 Å². The third-order valence-corrected chi connectivity index (χ3v) is 9.98. The van der Waals surface area contributed by atoms with Gasteiger partial charge in [0, 0.05) is 0 Å². The molecule has 8 atom stereocenters. The van der Waals surface area contributed by atoms with Gasteiger partial charge in [0.15, 0.2) is 0 Å². The van der Waals surface area contributed by atoms with Crippen molar-refractivity contribution >= 4 is 0 Å². The number of allylic oxidation sites excluding steroid dienone is 1. The Balaban J connectivity index is 1.44. The average molecular weight is 429 g/mol. The van der Waals surface area contributed by atoms with Crippen molar-refractivity contribution in [2.24, 2.45) is 34.5 Å². The van der Waals surface area contributed by atoms with Crippen molar-refractivity contribution in [3.63, 3.8) is 0 Å². The molecule has 0 aromatic heterocycles. The molecule has 2 N–H and O–H groups in total. The number of alkyl halides is 3. The van der Waals surface area contributed by atoms with E-state index in [9.17, 15) is 23.4 Å². The van der Waals surface area contributed by atoms with Gasteiger partial charge in [0.2, 0.25) is 0 Å². The fraction of sp³-hybridized carbons (Fsp3) is 0.920. The maximum absolute atomic E-state index is 12.6. The maximum atomic E-state index is 12.6. The zero-order valence-electron chi connectivity index (χ0n) is 18.8. The summed E-state index contributed by atoms with van der Waals surface area (Å²) in [6.07, 6.45) is 5.39.